The molecule has 0 radical (unpaired) electrons. The number of fused-ring (bicyclic) bond motifs is 1. The second-order valence-electron chi connectivity index (χ2n) is 7.67. The standard InChI is InChI=1S/C17H30N4O3/c1-2-14-20-15(21-24-14)11-3-5-12-10(9-11)4-6-13(12)19-16(22)17-18-7-8-23-17/h10-15,17-18,20-21H,2-9H2,1H3,(H,19,22)/t10?,11?,12?,13-,14?,15?,17?/m1/s1. The molecule has 2 aliphatic heterocycles. The predicted molar refractivity (Wildman–Crippen MR) is 88.5 cm³/mol. The Labute approximate surface area is 143 Å². The Morgan fingerprint density at radius 3 is 2.83 bits per heavy atom. The largest absolute Gasteiger partial charge is 0.353 e. The summed E-state index contributed by atoms with van der Waals surface area (Å²) < 4.78 is 5.41. The highest BCUT2D eigenvalue weighted by atomic mass is 16.7. The van der Waals surface area contributed by atoms with E-state index in [1.165, 1.54) is 25.7 Å². The van der Waals surface area contributed by atoms with E-state index in [9.17, 15) is 4.79 Å². The maximum atomic E-state index is 12.3. The zero-order chi connectivity index (χ0) is 16.5. The van der Waals surface area contributed by atoms with Crippen molar-refractivity contribution in [3.05, 3.63) is 0 Å². The highest BCUT2D eigenvalue weighted by molar-refractivity contribution is 5.81. The van der Waals surface area contributed by atoms with Gasteiger partial charge in [0, 0.05) is 12.6 Å². The molecule has 4 fully saturated rings. The van der Waals surface area contributed by atoms with Crippen LogP contribution in [0.2, 0.25) is 0 Å². The summed E-state index contributed by atoms with van der Waals surface area (Å²) in [6.07, 6.45) is 6.87. The van der Waals surface area contributed by atoms with Crippen LogP contribution >= 0.6 is 0 Å². The lowest BCUT2D eigenvalue weighted by Crippen LogP contribution is -2.49. The van der Waals surface area contributed by atoms with E-state index in [2.05, 4.69) is 28.4 Å². The highest BCUT2D eigenvalue weighted by Crippen LogP contribution is 2.45. The molecular formula is C17H30N4O3. The molecule has 1 amide bonds. The molecule has 6 unspecified atom stereocenters. The molecule has 4 aliphatic rings. The van der Waals surface area contributed by atoms with Crippen LogP contribution < -0.4 is 21.4 Å². The molecule has 2 saturated heterocycles. The number of carbonyl (C=O) groups is 1. The Hall–Kier alpha value is -0.730. The van der Waals surface area contributed by atoms with E-state index in [1.54, 1.807) is 0 Å². The number of hydroxylamine groups is 1. The fourth-order valence-corrected chi connectivity index (χ4v) is 4.98. The summed E-state index contributed by atoms with van der Waals surface area (Å²) >= 11 is 0. The number of nitrogens with one attached hydrogen (secondary N) is 4. The average molecular weight is 338 g/mol. The van der Waals surface area contributed by atoms with Crippen molar-refractivity contribution in [3.63, 3.8) is 0 Å². The molecule has 7 heteroatoms. The summed E-state index contributed by atoms with van der Waals surface area (Å²) in [6.45, 7) is 3.52. The van der Waals surface area contributed by atoms with Crippen molar-refractivity contribution in [2.75, 3.05) is 13.2 Å². The number of carbonyl (C=O) groups excluding carboxylic acids is 1. The first kappa shape index (κ1) is 16.7. The van der Waals surface area contributed by atoms with Crippen LogP contribution in [0.15, 0.2) is 0 Å². The van der Waals surface area contributed by atoms with Gasteiger partial charge in [0.2, 0.25) is 0 Å². The Morgan fingerprint density at radius 1 is 1.21 bits per heavy atom. The van der Waals surface area contributed by atoms with E-state index in [4.69, 9.17) is 9.57 Å². The Balaban J connectivity index is 1.29. The van der Waals surface area contributed by atoms with Crippen LogP contribution in [0.5, 0.6) is 0 Å². The van der Waals surface area contributed by atoms with E-state index in [0.717, 1.165) is 25.3 Å². The normalized spacial score (nSPS) is 45.3. The summed E-state index contributed by atoms with van der Waals surface area (Å²) in [7, 11) is 0. The van der Waals surface area contributed by atoms with Crippen LogP contribution in [-0.2, 0) is 14.4 Å². The van der Waals surface area contributed by atoms with Crippen molar-refractivity contribution in [3.8, 4) is 0 Å². The summed E-state index contributed by atoms with van der Waals surface area (Å²) in [5.41, 5.74) is 3.18. The van der Waals surface area contributed by atoms with Gasteiger partial charge >= 0.3 is 0 Å². The van der Waals surface area contributed by atoms with Gasteiger partial charge in [0.15, 0.2) is 6.23 Å². The molecule has 7 nitrogen and oxygen atoms in total. The van der Waals surface area contributed by atoms with Gasteiger partial charge in [-0.05, 0) is 56.3 Å². The van der Waals surface area contributed by atoms with Gasteiger partial charge in [0.25, 0.3) is 5.91 Å². The molecular weight excluding hydrogens is 308 g/mol. The Kier molecular flexibility index (Phi) is 5.05. The van der Waals surface area contributed by atoms with Gasteiger partial charge < -0.3 is 10.1 Å². The topological polar surface area (TPSA) is 83.7 Å². The van der Waals surface area contributed by atoms with Gasteiger partial charge in [0.05, 0.1) is 12.8 Å². The summed E-state index contributed by atoms with van der Waals surface area (Å²) in [5.74, 6) is 1.97. The van der Waals surface area contributed by atoms with Crippen molar-refractivity contribution >= 4 is 5.91 Å². The predicted octanol–water partition coefficient (Wildman–Crippen LogP) is 0.430. The zero-order valence-corrected chi connectivity index (χ0v) is 14.4. The first-order valence-corrected chi connectivity index (χ1v) is 9.57. The molecule has 2 saturated carbocycles. The van der Waals surface area contributed by atoms with Crippen LogP contribution in [0.4, 0.5) is 0 Å². The van der Waals surface area contributed by atoms with Crippen molar-refractivity contribution < 1.29 is 14.4 Å². The molecule has 4 N–H and O–H groups in total. The molecule has 2 heterocycles. The molecule has 0 aromatic carbocycles. The average Bonchev–Trinajstić information content (AvgIpc) is 3.35. The van der Waals surface area contributed by atoms with Gasteiger partial charge in [-0.25, -0.2) is 0 Å². The monoisotopic (exact) mass is 338 g/mol. The Morgan fingerprint density at radius 2 is 2.08 bits per heavy atom. The maximum Gasteiger partial charge on any atom is 0.264 e. The van der Waals surface area contributed by atoms with Gasteiger partial charge in [-0.2, -0.15) is 5.48 Å². The lowest BCUT2D eigenvalue weighted by atomic mass is 9.74. The molecule has 2 aliphatic carbocycles. The second-order valence-corrected chi connectivity index (χ2v) is 7.67. The van der Waals surface area contributed by atoms with Crippen LogP contribution in [-0.4, -0.2) is 43.7 Å². The summed E-state index contributed by atoms with van der Waals surface area (Å²) in [6, 6.07) is 0.318. The smallest absolute Gasteiger partial charge is 0.264 e. The first-order chi connectivity index (χ1) is 11.7. The van der Waals surface area contributed by atoms with Crippen LogP contribution in [0, 0.1) is 17.8 Å². The first-order valence-electron chi connectivity index (χ1n) is 9.57. The van der Waals surface area contributed by atoms with Crippen molar-refractivity contribution in [1.82, 2.24) is 21.4 Å². The van der Waals surface area contributed by atoms with E-state index in [1.807, 2.05) is 0 Å². The molecule has 0 aromatic rings. The molecule has 7 atom stereocenters. The second kappa shape index (κ2) is 7.25. The van der Waals surface area contributed by atoms with E-state index < -0.39 is 6.23 Å². The highest BCUT2D eigenvalue weighted by Gasteiger charge is 2.44. The van der Waals surface area contributed by atoms with E-state index in [-0.39, 0.29) is 18.3 Å². The van der Waals surface area contributed by atoms with E-state index in [0.29, 0.717) is 24.5 Å². The SMILES string of the molecule is CCC1NC(C2CCC3C(CC[C@H]3NC(=O)C3NCCO3)C2)NO1. The van der Waals surface area contributed by atoms with Crippen LogP contribution in [0.25, 0.3) is 0 Å². The number of rotatable bonds is 4. The van der Waals surface area contributed by atoms with Gasteiger partial charge in [-0.15, -0.1) is 0 Å². The third-order valence-corrected chi connectivity index (χ3v) is 6.27. The molecule has 24 heavy (non-hydrogen) atoms. The van der Waals surface area contributed by atoms with Crippen molar-refractivity contribution in [2.45, 2.75) is 70.1 Å². The third-order valence-electron chi connectivity index (χ3n) is 6.27. The van der Waals surface area contributed by atoms with Crippen LogP contribution in [0.3, 0.4) is 0 Å². The minimum absolute atomic E-state index is 0.0126. The molecule has 0 bridgehead atoms. The van der Waals surface area contributed by atoms with Gasteiger partial charge in [-0.3, -0.25) is 20.3 Å². The zero-order valence-electron chi connectivity index (χ0n) is 14.4. The quantitative estimate of drug-likeness (QED) is 0.595. The lowest BCUT2D eigenvalue weighted by Gasteiger charge is -2.36. The van der Waals surface area contributed by atoms with Crippen molar-refractivity contribution in [2.24, 2.45) is 17.8 Å². The number of hydrogen-bond donors (Lipinski definition) is 4. The minimum atomic E-state index is -0.449. The number of hydrogen-bond acceptors (Lipinski definition) is 6. The fourth-order valence-electron chi connectivity index (χ4n) is 4.98. The summed E-state index contributed by atoms with van der Waals surface area (Å²) in [5, 5.41) is 9.87. The maximum absolute atomic E-state index is 12.3. The Bertz CT molecular complexity index is 457. The lowest BCUT2D eigenvalue weighted by molar-refractivity contribution is -0.132. The molecule has 0 spiro atoms. The molecule has 4 rings (SSSR count). The summed E-state index contributed by atoms with van der Waals surface area (Å²) in [4.78, 5) is 17.9. The van der Waals surface area contributed by atoms with Gasteiger partial charge in [-0.1, -0.05) is 6.92 Å². The molecule has 136 valence electrons. The van der Waals surface area contributed by atoms with Gasteiger partial charge in [0.1, 0.15) is 6.23 Å². The molecule has 0 aromatic heterocycles. The number of ether oxygens (including phenoxy) is 1. The fraction of sp³-hybridized carbons (Fsp3) is 0.941. The van der Waals surface area contributed by atoms with Crippen molar-refractivity contribution in [1.29, 1.82) is 0 Å². The van der Waals surface area contributed by atoms with E-state index >= 15 is 0 Å². The number of amides is 1. The minimum Gasteiger partial charge on any atom is -0.353 e. The van der Waals surface area contributed by atoms with Crippen LogP contribution in [0.1, 0.15) is 45.4 Å². The third kappa shape index (κ3) is 3.32.